The summed E-state index contributed by atoms with van der Waals surface area (Å²) in [6.45, 7) is 1.46. The molecule has 1 N–H and O–H groups in total. The Bertz CT molecular complexity index is 831. The van der Waals surface area contributed by atoms with E-state index in [4.69, 9.17) is 0 Å². The van der Waals surface area contributed by atoms with E-state index in [1.54, 1.807) is 6.07 Å². The molecule has 1 amide bonds. The van der Waals surface area contributed by atoms with Gasteiger partial charge in [-0.15, -0.1) is 0 Å². The molecular formula is C18H17F2N3O3. The minimum Gasteiger partial charge on any atom is -0.366 e. The van der Waals surface area contributed by atoms with Crippen LogP contribution in [0.4, 0.5) is 25.8 Å². The smallest absolute Gasteiger partial charge is 0.293 e. The Kier molecular flexibility index (Phi) is 5.11. The van der Waals surface area contributed by atoms with Crippen LogP contribution in [0, 0.1) is 21.7 Å². The van der Waals surface area contributed by atoms with Crippen LogP contribution in [-0.4, -0.2) is 23.9 Å². The van der Waals surface area contributed by atoms with Crippen molar-refractivity contribution in [3.8, 4) is 0 Å². The fraction of sp³-hybridized carbons (Fsp3) is 0.278. The molecule has 2 aromatic carbocycles. The number of nitro groups is 1. The summed E-state index contributed by atoms with van der Waals surface area (Å²) >= 11 is 0. The van der Waals surface area contributed by atoms with Crippen molar-refractivity contribution in [2.75, 3.05) is 23.3 Å². The number of hydrogen-bond donors (Lipinski definition) is 1. The van der Waals surface area contributed by atoms with Crippen LogP contribution in [-0.2, 0) is 0 Å². The first-order valence-corrected chi connectivity index (χ1v) is 8.25. The molecule has 0 bridgehead atoms. The molecule has 1 aliphatic heterocycles. The Hall–Kier alpha value is -3.03. The molecule has 0 saturated carbocycles. The van der Waals surface area contributed by atoms with Crippen LogP contribution < -0.4 is 10.2 Å². The first kappa shape index (κ1) is 17.8. The highest BCUT2D eigenvalue weighted by Gasteiger charge is 2.23. The lowest BCUT2D eigenvalue weighted by atomic mass is 10.1. The number of piperidine rings is 1. The van der Waals surface area contributed by atoms with Gasteiger partial charge in [0.05, 0.1) is 4.92 Å². The molecule has 8 heteroatoms. The van der Waals surface area contributed by atoms with E-state index in [1.807, 2.05) is 4.90 Å². The third-order valence-corrected chi connectivity index (χ3v) is 4.25. The molecule has 3 rings (SSSR count). The second-order valence-electron chi connectivity index (χ2n) is 6.12. The fourth-order valence-corrected chi connectivity index (χ4v) is 3.04. The molecular weight excluding hydrogens is 344 g/mol. The number of anilines is 2. The van der Waals surface area contributed by atoms with Crippen LogP contribution >= 0.6 is 0 Å². The Morgan fingerprint density at radius 3 is 2.31 bits per heavy atom. The second-order valence-corrected chi connectivity index (χ2v) is 6.12. The molecule has 26 heavy (non-hydrogen) atoms. The number of benzene rings is 2. The van der Waals surface area contributed by atoms with Crippen molar-refractivity contribution >= 4 is 23.0 Å². The van der Waals surface area contributed by atoms with Gasteiger partial charge in [0.1, 0.15) is 17.3 Å². The van der Waals surface area contributed by atoms with Crippen LogP contribution in [0.5, 0.6) is 0 Å². The number of halogens is 2. The summed E-state index contributed by atoms with van der Waals surface area (Å²) in [5.74, 6) is -2.33. The Morgan fingerprint density at radius 2 is 1.69 bits per heavy atom. The van der Waals surface area contributed by atoms with Gasteiger partial charge in [0.15, 0.2) is 0 Å². The maximum absolute atomic E-state index is 13.2. The SMILES string of the molecule is O=C(Nc1cc(F)cc(F)c1)c1ccc(N2CCCCC2)c([N+](=O)[O-])c1. The highest BCUT2D eigenvalue weighted by Crippen LogP contribution is 2.31. The fourth-order valence-electron chi connectivity index (χ4n) is 3.04. The van der Waals surface area contributed by atoms with Crippen LogP contribution in [0.3, 0.4) is 0 Å². The molecule has 136 valence electrons. The van der Waals surface area contributed by atoms with Gasteiger partial charge < -0.3 is 10.2 Å². The lowest BCUT2D eigenvalue weighted by Crippen LogP contribution is -2.30. The number of rotatable bonds is 4. The van der Waals surface area contributed by atoms with Gasteiger partial charge in [0, 0.05) is 36.5 Å². The van der Waals surface area contributed by atoms with Crippen molar-refractivity contribution in [3.63, 3.8) is 0 Å². The normalized spacial score (nSPS) is 14.2. The third kappa shape index (κ3) is 3.96. The van der Waals surface area contributed by atoms with Gasteiger partial charge in [-0.3, -0.25) is 14.9 Å². The molecule has 0 radical (unpaired) electrons. The average molecular weight is 361 g/mol. The molecule has 1 fully saturated rings. The number of nitrogens with zero attached hydrogens (tertiary/aromatic N) is 2. The summed E-state index contributed by atoms with van der Waals surface area (Å²) in [5, 5.41) is 13.8. The van der Waals surface area contributed by atoms with Gasteiger partial charge >= 0.3 is 0 Å². The first-order valence-electron chi connectivity index (χ1n) is 8.25. The Labute approximate surface area is 148 Å². The molecule has 6 nitrogen and oxygen atoms in total. The van der Waals surface area contributed by atoms with Gasteiger partial charge in [-0.05, 0) is 43.5 Å². The number of carbonyl (C=O) groups excluding carboxylic acids is 1. The zero-order valence-electron chi connectivity index (χ0n) is 13.9. The van der Waals surface area contributed by atoms with E-state index in [0.29, 0.717) is 11.8 Å². The average Bonchev–Trinajstić information content (AvgIpc) is 2.61. The van der Waals surface area contributed by atoms with Crippen LogP contribution in [0.15, 0.2) is 36.4 Å². The lowest BCUT2D eigenvalue weighted by molar-refractivity contribution is -0.384. The molecule has 0 spiro atoms. The van der Waals surface area contributed by atoms with Crippen molar-refractivity contribution in [2.45, 2.75) is 19.3 Å². The summed E-state index contributed by atoms with van der Waals surface area (Å²) in [6.07, 6.45) is 3.02. The predicted octanol–water partition coefficient (Wildman–Crippen LogP) is 4.12. The highest BCUT2D eigenvalue weighted by molar-refractivity contribution is 6.05. The number of amides is 1. The summed E-state index contributed by atoms with van der Waals surface area (Å²) in [7, 11) is 0. The molecule has 2 aromatic rings. The van der Waals surface area contributed by atoms with Crippen LogP contribution in [0.25, 0.3) is 0 Å². The minimum absolute atomic E-state index is 0.0436. The maximum atomic E-state index is 13.2. The summed E-state index contributed by atoms with van der Waals surface area (Å²) in [6, 6.07) is 6.84. The maximum Gasteiger partial charge on any atom is 0.293 e. The molecule has 0 unspecified atom stereocenters. The summed E-state index contributed by atoms with van der Waals surface area (Å²) in [4.78, 5) is 25.2. The number of nitrogens with one attached hydrogen (secondary N) is 1. The largest absolute Gasteiger partial charge is 0.366 e. The van der Waals surface area contributed by atoms with Crippen LogP contribution in [0.2, 0.25) is 0 Å². The predicted molar refractivity (Wildman–Crippen MR) is 93.5 cm³/mol. The molecule has 0 aromatic heterocycles. The van der Waals surface area contributed by atoms with Gasteiger partial charge in [0.2, 0.25) is 0 Å². The van der Waals surface area contributed by atoms with E-state index in [1.165, 1.54) is 12.1 Å². The van der Waals surface area contributed by atoms with Gasteiger partial charge in [0.25, 0.3) is 11.6 Å². The summed E-state index contributed by atoms with van der Waals surface area (Å²) < 4.78 is 26.4. The standard InChI is InChI=1S/C18H17F2N3O3/c19-13-9-14(20)11-15(10-13)21-18(24)12-4-5-16(17(8-12)23(25)26)22-6-2-1-3-7-22/h4-5,8-11H,1-3,6-7H2,(H,21,24). The van der Waals surface area contributed by atoms with Crippen molar-refractivity contribution in [1.29, 1.82) is 0 Å². The first-order chi connectivity index (χ1) is 12.4. The van der Waals surface area contributed by atoms with E-state index >= 15 is 0 Å². The van der Waals surface area contributed by atoms with E-state index in [2.05, 4.69) is 5.32 Å². The van der Waals surface area contributed by atoms with Crippen molar-refractivity contribution < 1.29 is 18.5 Å². The summed E-state index contributed by atoms with van der Waals surface area (Å²) in [5.41, 5.74) is 0.297. The van der Waals surface area contributed by atoms with E-state index < -0.39 is 22.5 Å². The monoisotopic (exact) mass is 361 g/mol. The molecule has 1 saturated heterocycles. The molecule has 0 aliphatic carbocycles. The van der Waals surface area contributed by atoms with E-state index in [0.717, 1.165) is 44.5 Å². The number of carbonyl (C=O) groups is 1. The van der Waals surface area contributed by atoms with Crippen molar-refractivity contribution in [2.24, 2.45) is 0 Å². The minimum atomic E-state index is -0.827. The number of hydrogen-bond acceptors (Lipinski definition) is 4. The molecule has 1 aliphatic rings. The van der Waals surface area contributed by atoms with Crippen molar-refractivity contribution in [3.05, 3.63) is 63.7 Å². The quantitative estimate of drug-likeness (QED) is 0.657. The van der Waals surface area contributed by atoms with E-state index in [9.17, 15) is 23.7 Å². The molecule has 0 atom stereocenters. The zero-order valence-corrected chi connectivity index (χ0v) is 13.9. The topological polar surface area (TPSA) is 75.5 Å². The lowest BCUT2D eigenvalue weighted by Gasteiger charge is -2.28. The molecule has 1 heterocycles. The van der Waals surface area contributed by atoms with Gasteiger partial charge in [-0.2, -0.15) is 0 Å². The third-order valence-electron chi connectivity index (χ3n) is 4.25. The zero-order chi connectivity index (χ0) is 18.7. The van der Waals surface area contributed by atoms with Gasteiger partial charge in [-0.1, -0.05) is 0 Å². The Balaban J connectivity index is 1.86. The van der Waals surface area contributed by atoms with Crippen LogP contribution in [0.1, 0.15) is 29.6 Å². The number of nitro benzene ring substituents is 1. The second kappa shape index (κ2) is 7.47. The van der Waals surface area contributed by atoms with Gasteiger partial charge in [-0.25, -0.2) is 8.78 Å². The highest BCUT2D eigenvalue weighted by atomic mass is 19.1. The van der Waals surface area contributed by atoms with Crippen molar-refractivity contribution in [1.82, 2.24) is 0 Å². The Morgan fingerprint density at radius 1 is 1.04 bits per heavy atom. The van der Waals surface area contributed by atoms with E-state index in [-0.39, 0.29) is 16.9 Å².